The molecular weight excluding hydrogens is 590 g/mol. The zero-order valence-corrected chi connectivity index (χ0v) is 27.7. The zero-order valence-electron chi connectivity index (χ0n) is 26.9. The predicted molar refractivity (Wildman–Crippen MR) is 172 cm³/mol. The average molecular weight is 636 g/mol. The van der Waals surface area contributed by atoms with Gasteiger partial charge in [0.15, 0.2) is 5.89 Å². The summed E-state index contributed by atoms with van der Waals surface area (Å²) in [5.41, 5.74) is 3.59. The first kappa shape index (κ1) is 28.5. The van der Waals surface area contributed by atoms with E-state index in [0.29, 0.717) is 41.8 Å². The Bertz CT molecular complexity index is 1560. The van der Waals surface area contributed by atoms with Gasteiger partial charge >= 0.3 is 0 Å². The number of fused-ring (bicyclic) bond motifs is 3. The van der Waals surface area contributed by atoms with Gasteiger partial charge in [-0.1, -0.05) is 27.7 Å². The van der Waals surface area contributed by atoms with Gasteiger partial charge in [0.25, 0.3) is 0 Å². The third-order valence-corrected chi connectivity index (χ3v) is 12.3. The first-order chi connectivity index (χ1) is 21.9. The van der Waals surface area contributed by atoms with Gasteiger partial charge in [0.05, 0.1) is 80.7 Å². The van der Waals surface area contributed by atoms with Crippen LogP contribution in [0, 0.1) is 0 Å². The van der Waals surface area contributed by atoms with Crippen LogP contribution < -0.4 is 14.7 Å². The van der Waals surface area contributed by atoms with E-state index < -0.39 is 0 Å². The van der Waals surface area contributed by atoms with E-state index >= 15 is 0 Å². The molecule has 3 fully saturated rings. The number of thiazole rings is 1. The molecule has 242 valence electrons. The van der Waals surface area contributed by atoms with E-state index in [2.05, 4.69) is 53.1 Å². The van der Waals surface area contributed by atoms with Crippen molar-refractivity contribution in [3.05, 3.63) is 34.0 Å². The molecule has 0 aliphatic carbocycles. The Morgan fingerprint density at radius 1 is 0.778 bits per heavy atom. The summed E-state index contributed by atoms with van der Waals surface area (Å²) in [6.45, 7) is 17.8. The summed E-state index contributed by atoms with van der Waals surface area (Å²) in [4.78, 5) is 17.9. The molecule has 3 aromatic heterocycles. The third kappa shape index (κ3) is 4.72. The van der Waals surface area contributed by atoms with E-state index in [1.807, 2.05) is 11.3 Å². The van der Waals surface area contributed by atoms with Crippen LogP contribution in [0.5, 0.6) is 0 Å². The minimum Gasteiger partial charge on any atom is -0.425 e. The summed E-state index contributed by atoms with van der Waals surface area (Å²) in [6, 6.07) is 3.66. The van der Waals surface area contributed by atoms with E-state index in [1.54, 1.807) is 0 Å². The van der Waals surface area contributed by atoms with Gasteiger partial charge in [-0.15, -0.1) is 11.3 Å². The fourth-order valence-corrected chi connectivity index (χ4v) is 9.17. The Morgan fingerprint density at radius 3 is 2.11 bits per heavy atom. The molecule has 0 radical (unpaired) electrons. The van der Waals surface area contributed by atoms with E-state index in [1.165, 1.54) is 27.2 Å². The normalized spacial score (nSPS) is 26.2. The molecule has 9 rings (SSSR count). The lowest BCUT2D eigenvalue weighted by atomic mass is 9.92. The van der Waals surface area contributed by atoms with Crippen molar-refractivity contribution in [1.82, 2.24) is 19.7 Å². The first-order valence-electron chi connectivity index (χ1n) is 17.0. The average Bonchev–Trinajstić information content (AvgIpc) is 3.73. The summed E-state index contributed by atoms with van der Waals surface area (Å²) >= 11 is 1.88. The monoisotopic (exact) mass is 635 g/mol. The molecule has 0 N–H and O–H groups in total. The lowest BCUT2D eigenvalue weighted by Gasteiger charge is -2.36. The van der Waals surface area contributed by atoms with Crippen molar-refractivity contribution in [3.8, 4) is 0 Å². The molecule has 0 aromatic carbocycles. The molecule has 11 nitrogen and oxygen atoms in total. The number of rotatable bonds is 10. The zero-order chi connectivity index (χ0) is 30.4. The summed E-state index contributed by atoms with van der Waals surface area (Å²) in [5, 5.41) is 7.65. The van der Waals surface area contributed by atoms with Crippen LogP contribution in [0.1, 0.15) is 98.1 Å². The van der Waals surface area contributed by atoms with E-state index in [0.717, 1.165) is 96.1 Å². The minimum absolute atomic E-state index is 0.199. The molecule has 12 heteroatoms. The smallest absolute Gasteiger partial charge is 0.220 e. The van der Waals surface area contributed by atoms with Crippen molar-refractivity contribution in [2.45, 2.75) is 94.8 Å². The third-order valence-electron chi connectivity index (χ3n) is 10.9. The molecule has 0 spiro atoms. The van der Waals surface area contributed by atoms with Gasteiger partial charge < -0.3 is 33.3 Å². The Labute approximate surface area is 268 Å². The molecule has 4 atom stereocenters. The predicted octanol–water partition coefficient (Wildman–Crippen LogP) is 4.66. The van der Waals surface area contributed by atoms with Gasteiger partial charge in [-0.3, -0.25) is 0 Å². The summed E-state index contributed by atoms with van der Waals surface area (Å²) in [7, 11) is 0. The second-order valence-corrected chi connectivity index (χ2v) is 15.5. The lowest BCUT2D eigenvalue weighted by Crippen LogP contribution is -2.48. The second-order valence-electron chi connectivity index (χ2n) is 14.5. The Balaban J connectivity index is 0.937. The number of aromatic nitrogens is 4. The molecule has 3 aromatic rings. The summed E-state index contributed by atoms with van der Waals surface area (Å²) in [5.74, 6) is 4.75. The Kier molecular flexibility index (Phi) is 6.95. The van der Waals surface area contributed by atoms with Gasteiger partial charge in [0.1, 0.15) is 16.5 Å². The van der Waals surface area contributed by atoms with Gasteiger partial charge in [0.2, 0.25) is 5.88 Å². The first-order valence-corrected chi connectivity index (χ1v) is 17.8. The van der Waals surface area contributed by atoms with Crippen molar-refractivity contribution in [2.24, 2.45) is 0 Å². The molecule has 0 bridgehead atoms. The summed E-state index contributed by atoms with van der Waals surface area (Å²) < 4.78 is 25.6. The highest BCUT2D eigenvalue weighted by atomic mass is 32.1. The van der Waals surface area contributed by atoms with Gasteiger partial charge in [0, 0.05) is 55.3 Å². The van der Waals surface area contributed by atoms with Crippen molar-refractivity contribution < 1.29 is 18.6 Å². The van der Waals surface area contributed by atoms with Crippen molar-refractivity contribution in [1.29, 1.82) is 0 Å². The number of anilines is 3. The highest BCUT2D eigenvalue weighted by molar-refractivity contribution is 7.16. The van der Waals surface area contributed by atoms with Crippen LogP contribution in [0.25, 0.3) is 0 Å². The molecule has 3 saturated heterocycles. The summed E-state index contributed by atoms with van der Waals surface area (Å²) in [6.07, 6.45) is 1.98. The molecule has 6 aliphatic heterocycles. The molecule has 4 unspecified atom stereocenters. The van der Waals surface area contributed by atoms with E-state index in [4.69, 9.17) is 33.7 Å². The quantitative estimate of drug-likeness (QED) is 0.313. The largest absolute Gasteiger partial charge is 0.425 e. The molecule has 0 saturated carbocycles. The maximum Gasteiger partial charge on any atom is 0.220 e. The SMILES string of the molecule is CC(C)c1nc2c(s1)N(C1COC1)CC2CC(C)c1nc2c(o1)N(C1COC1)CC2CC(C)c1cc2n(n1)CCN2C1COC1. The second kappa shape index (κ2) is 11.0. The van der Waals surface area contributed by atoms with E-state index in [-0.39, 0.29) is 5.92 Å². The highest BCUT2D eigenvalue weighted by Gasteiger charge is 2.44. The number of ether oxygens (including phenoxy) is 3. The molecule has 9 heterocycles. The van der Waals surface area contributed by atoms with Crippen molar-refractivity contribution >= 4 is 28.0 Å². The van der Waals surface area contributed by atoms with Crippen LogP contribution >= 0.6 is 11.3 Å². The van der Waals surface area contributed by atoms with Crippen LogP contribution in [-0.2, 0) is 20.8 Å². The molecule has 0 amide bonds. The van der Waals surface area contributed by atoms with Gasteiger partial charge in [-0.25, -0.2) is 14.6 Å². The van der Waals surface area contributed by atoms with Crippen molar-refractivity contribution in [2.75, 3.05) is 74.0 Å². The van der Waals surface area contributed by atoms with Crippen LogP contribution in [0.3, 0.4) is 0 Å². The topological polar surface area (TPSA) is 94.1 Å². The molecule has 6 aliphatic rings. The number of nitrogens with zero attached hydrogens (tertiary/aromatic N) is 7. The number of hydrogen-bond acceptors (Lipinski definition) is 11. The Morgan fingerprint density at radius 2 is 1.42 bits per heavy atom. The number of oxazole rings is 1. The van der Waals surface area contributed by atoms with Crippen LogP contribution in [0.2, 0.25) is 0 Å². The van der Waals surface area contributed by atoms with Gasteiger partial charge in [-0.05, 0) is 12.8 Å². The van der Waals surface area contributed by atoms with Crippen LogP contribution in [0.4, 0.5) is 16.7 Å². The standard InChI is InChI=1S/C33H45N7O4S/c1-18(2)31-35-29-22(11-39(33(29)45-31)25-16-43-17-25)8-20(4)30-34-28-21(10-38(32(28)44-30)24-14-42-15-24)7-19(3)26-9-27-37(23-12-41-13-23)5-6-40(27)36-26/h9,18-25H,5-8,10-17H2,1-4H3. The lowest BCUT2D eigenvalue weighted by molar-refractivity contribution is 0.00710. The van der Waals surface area contributed by atoms with Crippen LogP contribution in [0.15, 0.2) is 10.5 Å². The minimum atomic E-state index is 0.199. The van der Waals surface area contributed by atoms with E-state index in [9.17, 15) is 0 Å². The highest BCUT2D eigenvalue weighted by Crippen LogP contribution is 2.49. The maximum atomic E-state index is 6.70. The Hall–Kier alpha value is -2.67. The van der Waals surface area contributed by atoms with Gasteiger partial charge in [-0.2, -0.15) is 5.10 Å². The molecule has 45 heavy (non-hydrogen) atoms. The maximum absolute atomic E-state index is 6.70. The number of hydrogen-bond donors (Lipinski definition) is 0. The fraction of sp³-hybridized carbons (Fsp3) is 0.727. The molecular formula is C33H45N7O4S. The fourth-order valence-electron chi connectivity index (χ4n) is 7.93. The van der Waals surface area contributed by atoms with Crippen molar-refractivity contribution in [3.63, 3.8) is 0 Å². The van der Waals surface area contributed by atoms with Crippen LogP contribution in [-0.4, -0.2) is 97.1 Å².